The van der Waals surface area contributed by atoms with Crippen molar-refractivity contribution >= 4 is 23.6 Å². The Balaban J connectivity index is 1.51. The van der Waals surface area contributed by atoms with E-state index in [2.05, 4.69) is 0 Å². The smallest absolute Gasteiger partial charge is 0.234 e. The monoisotopic (exact) mass is 364 g/mol. The van der Waals surface area contributed by atoms with Crippen molar-refractivity contribution in [2.24, 2.45) is 0 Å². The highest BCUT2D eigenvalue weighted by atomic mass is 16.2. The predicted octanol–water partition coefficient (Wildman–Crippen LogP) is -0.363. The van der Waals surface area contributed by atoms with E-state index in [0.717, 1.165) is 48.2 Å². The maximum absolute atomic E-state index is 12.2. The molecule has 0 aliphatic carbocycles. The van der Waals surface area contributed by atoms with Crippen molar-refractivity contribution in [1.29, 1.82) is 0 Å². The summed E-state index contributed by atoms with van der Waals surface area (Å²) < 4.78 is 1.54. The van der Waals surface area contributed by atoms with E-state index in [0.29, 0.717) is 25.7 Å². The first kappa shape index (κ1) is 17.6. The fourth-order valence-electron chi connectivity index (χ4n) is 5.50. The van der Waals surface area contributed by atoms with Gasteiger partial charge in [-0.25, -0.2) is 9.80 Å². The molecule has 2 unspecified atom stereocenters. The molecule has 0 spiro atoms. The van der Waals surface area contributed by atoms with E-state index in [-0.39, 0.29) is 36.0 Å². The first-order chi connectivity index (χ1) is 12.3. The Kier molecular flexibility index (Phi) is 3.96. The maximum atomic E-state index is 12.2. The van der Waals surface area contributed by atoms with E-state index in [9.17, 15) is 19.2 Å². The summed E-state index contributed by atoms with van der Waals surface area (Å²) in [5.41, 5.74) is 0. The van der Waals surface area contributed by atoms with E-state index in [1.165, 1.54) is 9.80 Å². The van der Waals surface area contributed by atoms with Crippen LogP contribution in [-0.4, -0.2) is 94.0 Å². The van der Waals surface area contributed by atoms with Gasteiger partial charge in [-0.2, -0.15) is 0 Å². The Morgan fingerprint density at radius 2 is 0.808 bits per heavy atom. The molecule has 5 aliphatic rings. The molecule has 5 saturated heterocycles. The van der Waals surface area contributed by atoms with Gasteiger partial charge in [0, 0.05) is 39.5 Å². The lowest BCUT2D eigenvalue weighted by Gasteiger charge is -2.60. The molecule has 0 N–H and O–H groups in total. The second-order valence-electron chi connectivity index (χ2n) is 8.36. The van der Waals surface area contributed by atoms with Crippen LogP contribution < -0.4 is 0 Å². The van der Waals surface area contributed by atoms with Gasteiger partial charge < -0.3 is 0 Å². The number of hydrogen-bond acceptors (Lipinski definition) is 4. The van der Waals surface area contributed by atoms with Crippen molar-refractivity contribution in [3.05, 3.63) is 0 Å². The molecule has 2 bridgehead atoms. The number of imide groups is 2. The van der Waals surface area contributed by atoms with E-state index in [4.69, 9.17) is 0 Å². The number of fused-ring (bicyclic) bond motifs is 3. The summed E-state index contributed by atoms with van der Waals surface area (Å²) in [6, 6.07) is 0. The van der Waals surface area contributed by atoms with Crippen LogP contribution >= 0.6 is 0 Å². The van der Waals surface area contributed by atoms with Crippen LogP contribution in [0, 0.1) is 0 Å². The molecule has 4 amide bonds. The number of nitrogens with zero attached hydrogens (tertiary/aromatic N) is 4. The summed E-state index contributed by atoms with van der Waals surface area (Å²) in [6.07, 6.45) is 1.09. The molecule has 5 aliphatic heterocycles. The lowest BCUT2D eigenvalue weighted by Crippen LogP contribution is -2.81. The third-order valence-electron chi connectivity index (χ3n) is 7.48. The number of carbonyl (C=O) groups is 4. The van der Waals surface area contributed by atoms with Gasteiger partial charge in [0.25, 0.3) is 0 Å². The summed E-state index contributed by atoms with van der Waals surface area (Å²) in [7, 11) is 0. The second kappa shape index (κ2) is 5.85. The summed E-state index contributed by atoms with van der Waals surface area (Å²) >= 11 is 0. The number of hydrogen-bond donors (Lipinski definition) is 0. The van der Waals surface area contributed by atoms with E-state index in [1.54, 1.807) is 0 Å². The van der Waals surface area contributed by atoms with Crippen molar-refractivity contribution in [3.63, 3.8) is 0 Å². The van der Waals surface area contributed by atoms with Crippen molar-refractivity contribution in [2.75, 3.05) is 39.3 Å². The first-order valence-corrected chi connectivity index (χ1v) is 9.71. The molecular weight excluding hydrogens is 336 g/mol. The number of amides is 4. The Morgan fingerprint density at radius 1 is 0.577 bits per heavy atom. The molecular formula is C18H28N4O4+2. The molecule has 8 heteroatoms. The Hall–Kier alpha value is -1.80. The van der Waals surface area contributed by atoms with Gasteiger partial charge >= 0.3 is 0 Å². The fourth-order valence-corrected chi connectivity index (χ4v) is 5.50. The molecule has 0 radical (unpaired) electrons. The lowest BCUT2D eigenvalue weighted by molar-refractivity contribution is -1.10. The molecule has 5 heterocycles. The van der Waals surface area contributed by atoms with Crippen molar-refractivity contribution in [3.8, 4) is 0 Å². The summed E-state index contributed by atoms with van der Waals surface area (Å²) in [6.45, 7) is 9.25. The van der Waals surface area contributed by atoms with Crippen molar-refractivity contribution in [1.82, 2.24) is 9.80 Å². The normalized spacial score (nSPS) is 37.0. The fraction of sp³-hybridized carbons (Fsp3) is 0.778. The molecule has 5 fully saturated rings. The van der Waals surface area contributed by atoms with Gasteiger partial charge in [-0.05, 0) is 0 Å². The summed E-state index contributed by atoms with van der Waals surface area (Å²) in [5.74, 6) is -0.191. The third-order valence-corrected chi connectivity index (χ3v) is 7.48. The lowest BCUT2D eigenvalue weighted by atomic mass is 10.0. The maximum Gasteiger partial charge on any atom is 0.234 e. The zero-order chi connectivity index (χ0) is 18.7. The van der Waals surface area contributed by atoms with Crippen molar-refractivity contribution < 1.29 is 28.1 Å². The minimum atomic E-state index is -0.120. The van der Waals surface area contributed by atoms with Crippen LogP contribution in [0.1, 0.15) is 39.5 Å². The van der Waals surface area contributed by atoms with Crippen LogP contribution in [0.5, 0.6) is 0 Å². The van der Waals surface area contributed by atoms with Crippen LogP contribution in [-0.2, 0) is 19.2 Å². The van der Waals surface area contributed by atoms with Gasteiger partial charge in [-0.3, -0.25) is 28.1 Å². The highest BCUT2D eigenvalue weighted by Gasteiger charge is 2.58. The molecule has 26 heavy (non-hydrogen) atoms. The average Bonchev–Trinajstić information content (AvgIpc) is 3.16. The van der Waals surface area contributed by atoms with Gasteiger partial charge in [0.15, 0.2) is 12.3 Å². The molecule has 0 aromatic rings. The zero-order valence-electron chi connectivity index (χ0n) is 15.6. The quantitative estimate of drug-likeness (QED) is 0.504. The molecule has 2 atom stereocenters. The molecule has 0 aromatic carbocycles. The highest BCUT2D eigenvalue weighted by molar-refractivity contribution is 6.02. The Bertz CT molecular complexity index is 576. The molecule has 142 valence electrons. The molecule has 0 saturated carbocycles. The predicted molar refractivity (Wildman–Crippen MR) is 90.8 cm³/mol. The molecule has 5 rings (SSSR count). The minimum Gasteiger partial charge on any atom is -0.290 e. The van der Waals surface area contributed by atoms with E-state index < -0.39 is 0 Å². The standard InChI is InChI=1S/C18H28N4O4/c1-13(19-15(23)3-4-16(19)24)21-7-10-22(11-8-21,12-9-21)14(2)20-17(25)5-6-18(20)26/h13-14H,3-12H2,1-2H3/q+2. The number of likely N-dealkylation sites (tertiary alicyclic amines) is 2. The molecule has 8 nitrogen and oxygen atoms in total. The largest absolute Gasteiger partial charge is 0.290 e. The van der Waals surface area contributed by atoms with E-state index >= 15 is 0 Å². The van der Waals surface area contributed by atoms with Gasteiger partial charge in [0.2, 0.25) is 23.6 Å². The van der Waals surface area contributed by atoms with Gasteiger partial charge in [-0.1, -0.05) is 0 Å². The highest BCUT2D eigenvalue weighted by Crippen LogP contribution is 2.35. The van der Waals surface area contributed by atoms with Gasteiger partial charge in [0.05, 0.1) is 0 Å². The van der Waals surface area contributed by atoms with Crippen LogP contribution in [0.4, 0.5) is 0 Å². The minimum absolute atomic E-state index is 0.0477. The van der Waals surface area contributed by atoms with Gasteiger partial charge in [0.1, 0.15) is 39.3 Å². The Labute approximate surface area is 153 Å². The number of quaternary nitrogens is 2. The first-order valence-electron chi connectivity index (χ1n) is 9.71. The average molecular weight is 364 g/mol. The summed E-state index contributed by atoms with van der Waals surface area (Å²) in [5, 5.41) is 0. The van der Waals surface area contributed by atoms with Crippen molar-refractivity contribution in [2.45, 2.75) is 51.9 Å². The van der Waals surface area contributed by atoms with Crippen LogP contribution in [0.2, 0.25) is 0 Å². The van der Waals surface area contributed by atoms with Crippen LogP contribution in [0.3, 0.4) is 0 Å². The Morgan fingerprint density at radius 3 is 1.04 bits per heavy atom. The SMILES string of the molecule is CC(N1C(=O)CCC1=O)[N+]12CC[N+](C(C)N3C(=O)CCC3=O)(CC1)CC2. The summed E-state index contributed by atoms with van der Waals surface area (Å²) in [4.78, 5) is 51.6. The number of carbonyl (C=O) groups excluding carboxylic acids is 4. The zero-order valence-corrected chi connectivity index (χ0v) is 15.6. The number of rotatable bonds is 4. The second-order valence-corrected chi connectivity index (χ2v) is 8.36. The van der Waals surface area contributed by atoms with Crippen LogP contribution in [0.25, 0.3) is 0 Å². The van der Waals surface area contributed by atoms with E-state index in [1.807, 2.05) is 13.8 Å². The number of piperazine rings is 3. The van der Waals surface area contributed by atoms with Gasteiger partial charge in [-0.15, -0.1) is 0 Å². The molecule has 0 aromatic heterocycles. The topological polar surface area (TPSA) is 74.8 Å². The third kappa shape index (κ3) is 2.35. The van der Waals surface area contributed by atoms with Crippen LogP contribution in [0.15, 0.2) is 0 Å².